The van der Waals surface area contributed by atoms with Crippen molar-refractivity contribution in [3.8, 4) is 0 Å². The number of halogens is 1. The standard InChI is InChI=1S/C9H13FN2O/c1-3-9(13,6-10)8-5-11-4-7(2)12-8/h4-5,13H,3,6H2,1-2H3. The Kier molecular flexibility index (Phi) is 2.93. The lowest BCUT2D eigenvalue weighted by molar-refractivity contribution is 0.00286. The van der Waals surface area contributed by atoms with E-state index >= 15 is 0 Å². The van der Waals surface area contributed by atoms with Gasteiger partial charge in [0.05, 0.1) is 17.6 Å². The Bertz CT molecular complexity index is 287. The van der Waals surface area contributed by atoms with Gasteiger partial charge in [-0.2, -0.15) is 0 Å². The smallest absolute Gasteiger partial charge is 0.136 e. The molecule has 0 aromatic carbocycles. The second kappa shape index (κ2) is 3.79. The van der Waals surface area contributed by atoms with Crippen LogP contribution >= 0.6 is 0 Å². The largest absolute Gasteiger partial charge is 0.381 e. The summed E-state index contributed by atoms with van der Waals surface area (Å²) < 4.78 is 12.5. The van der Waals surface area contributed by atoms with Gasteiger partial charge in [0.1, 0.15) is 12.3 Å². The van der Waals surface area contributed by atoms with Crippen molar-refractivity contribution in [3.63, 3.8) is 0 Å². The van der Waals surface area contributed by atoms with Gasteiger partial charge in [-0.1, -0.05) is 6.92 Å². The summed E-state index contributed by atoms with van der Waals surface area (Å²) in [5, 5.41) is 9.75. The van der Waals surface area contributed by atoms with Crippen molar-refractivity contribution in [2.75, 3.05) is 6.67 Å². The first-order chi connectivity index (χ1) is 6.12. The Hall–Kier alpha value is -1.03. The van der Waals surface area contributed by atoms with E-state index in [1.54, 1.807) is 20.0 Å². The molecule has 13 heavy (non-hydrogen) atoms. The van der Waals surface area contributed by atoms with Crippen LogP contribution in [0.3, 0.4) is 0 Å². The Balaban J connectivity index is 3.05. The highest BCUT2D eigenvalue weighted by Crippen LogP contribution is 2.22. The number of alkyl halides is 1. The van der Waals surface area contributed by atoms with Gasteiger partial charge in [-0.3, -0.25) is 9.97 Å². The molecule has 72 valence electrons. The third kappa shape index (κ3) is 2.01. The Morgan fingerprint density at radius 2 is 2.23 bits per heavy atom. The lowest BCUT2D eigenvalue weighted by Gasteiger charge is -2.21. The fourth-order valence-corrected chi connectivity index (χ4v) is 1.03. The molecule has 1 unspecified atom stereocenters. The molecule has 0 saturated carbocycles. The third-order valence-corrected chi connectivity index (χ3v) is 2.04. The monoisotopic (exact) mass is 184 g/mol. The molecule has 0 bridgehead atoms. The number of hydrogen-bond acceptors (Lipinski definition) is 3. The Labute approximate surface area is 76.7 Å². The number of aryl methyl sites for hydroxylation is 1. The Morgan fingerprint density at radius 3 is 2.69 bits per heavy atom. The van der Waals surface area contributed by atoms with Crippen LogP contribution in [0, 0.1) is 6.92 Å². The topological polar surface area (TPSA) is 46.0 Å². The summed E-state index contributed by atoms with van der Waals surface area (Å²) in [6.07, 6.45) is 3.26. The van der Waals surface area contributed by atoms with E-state index in [0.29, 0.717) is 17.8 Å². The van der Waals surface area contributed by atoms with Crippen LogP contribution in [-0.2, 0) is 5.60 Å². The van der Waals surface area contributed by atoms with Crippen LogP contribution in [0.25, 0.3) is 0 Å². The quantitative estimate of drug-likeness (QED) is 0.771. The third-order valence-electron chi connectivity index (χ3n) is 2.04. The number of rotatable bonds is 3. The highest BCUT2D eigenvalue weighted by Gasteiger charge is 2.29. The van der Waals surface area contributed by atoms with Gasteiger partial charge >= 0.3 is 0 Å². The molecule has 0 aliphatic rings. The summed E-state index contributed by atoms with van der Waals surface area (Å²) in [6, 6.07) is 0. The van der Waals surface area contributed by atoms with Crippen molar-refractivity contribution >= 4 is 0 Å². The van der Waals surface area contributed by atoms with Crippen LogP contribution in [0.1, 0.15) is 24.7 Å². The van der Waals surface area contributed by atoms with Crippen LogP contribution in [0.5, 0.6) is 0 Å². The van der Waals surface area contributed by atoms with Crippen molar-refractivity contribution in [1.82, 2.24) is 9.97 Å². The zero-order valence-electron chi connectivity index (χ0n) is 7.79. The zero-order chi connectivity index (χ0) is 9.90. The molecule has 1 aromatic rings. The number of aliphatic hydroxyl groups is 1. The fraction of sp³-hybridized carbons (Fsp3) is 0.556. The van der Waals surface area contributed by atoms with Gasteiger partial charge in [-0.25, -0.2) is 4.39 Å². The van der Waals surface area contributed by atoms with Crippen LogP contribution in [0.2, 0.25) is 0 Å². The second-order valence-electron chi connectivity index (χ2n) is 3.06. The fourth-order valence-electron chi connectivity index (χ4n) is 1.03. The predicted octanol–water partition coefficient (Wildman–Crippen LogP) is 1.35. The molecule has 1 heterocycles. The van der Waals surface area contributed by atoms with Gasteiger partial charge in [-0.15, -0.1) is 0 Å². The number of nitrogens with zero attached hydrogens (tertiary/aromatic N) is 2. The first kappa shape index (κ1) is 10.1. The van der Waals surface area contributed by atoms with E-state index in [2.05, 4.69) is 9.97 Å². The average Bonchev–Trinajstić information content (AvgIpc) is 2.17. The van der Waals surface area contributed by atoms with Gasteiger partial charge in [0, 0.05) is 6.20 Å². The molecule has 3 nitrogen and oxygen atoms in total. The summed E-state index contributed by atoms with van der Waals surface area (Å²) in [5.74, 6) is 0. The first-order valence-electron chi connectivity index (χ1n) is 4.20. The van der Waals surface area contributed by atoms with Gasteiger partial charge < -0.3 is 5.11 Å². The lowest BCUT2D eigenvalue weighted by atomic mass is 9.99. The minimum atomic E-state index is -1.47. The molecule has 1 rings (SSSR count). The summed E-state index contributed by atoms with van der Waals surface area (Å²) in [6.45, 7) is 2.63. The van der Waals surface area contributed by atoms with Gasteiger partial charge in [0.15, 0.2) is 0 Å². The van der Waals surface area contributed by atoms with Crippen molar-refractivity contribution in [1.29, 1.82) is 0 Å². The normalized spacial score (nSPS) is 15.4. The maximum Gasteiger partial charge on any atom is 0.136 e. The highest BCUT2D eigenvalue weighted by molar-refractivity contribution is 5.10. The molecule has 0 radical (unpaired) electrons. The van der Waals surface area contributed by atoms with E-state index in [0.717, 1.165) is 0 Å². The first-order valence-corrected chi connectivity index (χ1v) is 4.20. The predicted molar refractivity (Wildman–Crippen MR) is 46.9 cm³/mol. The van der Waals surface area contributed by atoms with Crippen molar-refractivity contribution in [2.24, 2.45) is 0 Å². The molecule has 4 heteroatoms. The van der Waals surface area contributed by atoms with Crippen molar-refractivity contribution < 1.29 is 9.50 Å². The molecule has 0 saturated heterocycles. The van der Waals surface area contributed by atoms with Crippen LogP contribution < -0.4 is 0 Å². The summed E-state index contributed by atoms with van der Waals surface area (Å²) in [7, 11) is 0. The summed E-state index contributed by atoms with van der Waals surface area (Å²) >= 11 is 0. The molecule has 0 aliphatic carbocycles. The Morgan fingerprint density at radius 1 is 1.54 bits per heavy atom. The second-order valence-corrected chi connectivity index (χ2v) is 3.06. The molecule has 1 atom stereocenters. The number of aromatic nitrogens is 2. The highest BCUT2D eigenvalue weighted by atomic mass is 19.1. The minimum Gasteiger partial charge on any atom is -0.381 e. The van der Waals surface area contributed by atoms with E-state index in [-0.39, 0.29) is 0 Å². The maximum atomic E-state index is 12.5. The molecular formula is C9H13FN2O. The molecule has 1 N–H and O–H groups in total. The van der Waals surface area contributed by atoms with Crippen LogP contribution in [0.15, 0.2) is 12.4 Å². The van der Waals surface area contributed by atoms with E-state index in [1.165, 1.54) is 6.20 Å². The molecule has 0 fully saturated rings. The SMILES string of the molecule is CCC(O)(CF)c1cncc(C)n1. The van der Waals surface area contributed by atoms with E-state index in [9.17, 15) is 9.50 Å². The van der Waals surface area contributed by atoms with Gasteiger partial charge in [0.2, 0.25) is 0 Å². The molecular weight excluding hydrogens is 171 g/mol. The lowest BCUT2D eigenvalue weighted by Crippen LogP contribution is -2.28. The molecule has 0 aliphatic heterocycles. The number of hydrogen-bond donors (Lipinski definition) is 1. The van der Waals surface area contributed by atoms with Crippen LogP contribution in [0.4, 0.5) is 4.39 Å². The van der Waals surface area contributed by atoms with E-state index in [4.69, 9.17) is 0 Å². The molecule has 1 aromatic heterocycles. The minimum absolute atomic E-state index is 0.293. The summed E-state index contributed by atoms with van der Waals surface area (Å²) in [5.41, 5.74) is -0.491. The molecule has 0 amide bonds. The van der Waals surface area contributed by atoms with Gasteiger partial charge in [-0.05, 0) is 13.3 Å². The van der Waals surface area contributed by atoms with Crippen molar-refractivity contribution in [3.05, 3.63) is 23.8 Å². The summed E-state index contributed by atoms with van der Waals surface area (Å²) in [4.78, 5) is 7.89. The van der Waals surface area contributed by atoms with Crippen molar-refractivity contribution in [2.45, 2.75) is 25.9 Å². The average molecular weight is 184 g/mol. The van der Waals surface area contributed by atoms with Gasteiger partial charge in [0.25, 0.3) is 0 Å². The maximum absolute atomic E-state index is 12.5. The van der Waals surface area contributed by atoms with E-state index in [1.807, 2.05) is 0 Å². The zero-order valence-corrected chi connectivity index (χ0v) is 7.79. The van der Waals surface area contributed by atoms with Crippen LogP contribution in [-0.4, -0.2) is 21.7 Å². The molecule has 0 spiro atoms. The van der Waals surface area contributed by atoms with E-state index < -0.39 is 12.3 Å².